The van der Waals surface area contributed by atoms with E-state index in [1.165, 1.54) is 5.56 Å². The number of carbonyl (C=O) groups excluding carboxylic acids is 1. The molecule has 1 aromatic carbocycles. The predicted octanol–water partition coefficient (Wildman–Crippen LogP) is 1.34. The molecule has 1 atom stereocenters. The third kappa shape index (κ3) is 3.13. The Balaban J connectivity index is 1.82. The highest BCUT2D eigenvalue weighted by atomic mass is 16.5. The lowest BCUT2D eigenvalue weighted by Crippen LogP contribution is -2.47. The summed E-state index contributed by atoms with van der Waals surface area (Å²) in [6, 6.07) is 4.18. The van der Waals surface area contributed by atoms with Crippen molar-refractivity contribution in [1.29, 1.82) is 0 Å². The lowest BCUT2D eigenvalue weighted by Gasteiger charge is -2.27. The molecular formula is C16H22N2O3. The highest BCUT2D eigenvalue weighted by Crippen LogP contribution is 2.35. The number of amides is 1. The SMILES string of the molecule is CCOc1cc2c(cc1CN1CCNC(=O)C1)O[C@@H](C)C2. The standard InChI is InChI=1S/C16H22N2O3/c1-3-20-14-7-12-6-11(2)21-15(12)8-13(14)9-18-5-4-17-16(19)10-18/h7-8,11H,3-6,9-10H2,1-2H3,(H,17,19)/t11-/m0/s1. The van der Waals surface area contributed by atoms with E-state index in [0.717, 1.165) is 30.0 Å². The van der Waals surface area contributed by atoms with E-state index in [-0.39, 0.29) is 12.0 Å². The molecule has 21 heavy (non-hydrogen) atoms. The first-order valence-corrected chi connectivity index (χ1v) is 7.60. The summed E-state index contributed by atoms with van der Waals surface area (Å²) in [6.45, 7) is 7.45. The molecule has 114 valence electrons. The van der Waals surface area contributed by atoms with E-state index in [0.29, 0.717) is 26.2 Å². The first-order valence-electron chi connectivity index (χ1n) is 7.60. The minimum absolute atomic E-state index is 0.0882. The molecule has 0 aromatic heterocycles. The molecule has 5 nitrogen and oxygen atoms in total. The Morgan fingerprint density at radius 2 is 2.33 bits per heavy atom. The molecule has 1 fully saturated rings. The van der Waals surface area contributed by atoms with E-state index < -0.39 is 0 Å². The average Bonchev–Trinajstić information content (AvgIpc) is 2.78. The summed E-state index contributed by atoms with van der Waals surface area (Å²) in [6.07, 6.45) is 1.16. The lowest BCUT2D eigenvalue weighted by atomic mass is 10.1. The van der Waals surface area contributed by atoms with Crippen LogP contribution in [0, 0.1) is 0 Å². The molecule has 0 spiro atoms. The van der Waals surface area contributed by atoms with Crippen molar-refractivity contribution >= 4 is 5.91 Å². The van der Waals surface area contributed by atoms with E-state index in [9.17, 15) is 4.79 Å². The zero-order valence-corrected chi connectivity index (χ0v) is 12.6. The number of hydrogen-bond donors (Lipinski definition) is 1. The number of nitrogens with zero attached hydrogens (tertiary/aromatic N) is 1. The van der Waals surface area contributed by atoms with Crippen LogP contribution in [0.1, 0.15) is 25.0 Å². The van der Waals surface area contributed by atoms with Crippen LogP contribution in [0.5, 0.6) is 11.5 Å². The first-order chi connectivity index (χ1) is 10.2. The Morgan fingerprint density at radius 1 is 1.48 bits per heavy atom. The van der Waals surface area contributed by atoms with Gasteiger partial charge in [-0.2, -0.15) is 0 Å². The van der Waals surface area contributed by atoms with Gasteiger partial charge in [-0.25, -0.2) is 0 Å². The van der Waals surface area contributed by atoms with Crippen molar-refractivity contribution in [1.82, 2.24) is 10.2 Å². The molecule has 0 bridgehead atoms. The van der Waals surface area contributed by atoms with Crippen LogP contribution in [0.15, 0.2) is 12.1 Å². The van der Waals surface area contributed by atoms with Crippen molar-refractivity contribution in [2.75, 3.05) is 26.2 Å². The molecule has 0 unspecified atom stereocenters. The summed E-state index contributed by atoms with van der Waals surface area (Å²) >= 11 is 0. The fourth-order valence-corrected chi connectivity index (χ4v) is 2.96. The van der Waals surface area contributed by atoms with Gasteiger partial charge < -0.3 is 14.8 Å². The smallest absolute Gasteiger partial charge is 0.234 e. The Morgan fingerprint density at radius 3 is 3.10 bits per heavy atom. The van der Waals surface area contributed by atoms with Gasteiger partial charge in [-0.1, -0.05) is 0 Å². The molecule has 2 aliphatic rings. The second-order valence-electron chi connectivity index (χ2n) is 5.69. The topological polar surface area (TPSA) is 50.8 Å². The van der Waals surface area contributed by atoms with Gasteiger partial charge in [0.1, 0.15) is 17.6 Å². The maximum atomic E-state index is 11.5. The summed E-state index contributed by atoms with van der Waals surface area (Å²) < 4.78 is 11.6. The lowest BCUT2D eigenvalue weighted by molar-refractivity contribution is -0.124. The van der Waals surface area contributed by atoms with Crippen LogP contribution in [0.25, 0.3) is 0 Å². The zero-order chi connectivity index (χ0) is 14.8. The number of hydrogen-bond acceptors (Lipinski definition) is 4. The van der Waals surface area contributed by atoms with E-state index >= 15 is 0 Å². The monoisotopic (exact) mass is 290 g/mol. The summed E-state index contributed by atoms with van der Waals surface area (Å²) in [5.74, 6) is 1.97. The molecule has 0 saturated carbocycles. The van der Waals surface area contributed by atoms with Crippen LogP contribution in [0.2, 0.25) is 0 Å². The molecule has 1 saturated heterocycles. The fraction of sp³-hybridized carbons (Fsp3) is 0.562. The molecule has 5 heteroatoms. The minimum Gasteiger partial charge on any atom is -0.494 e. The molecule has 3 rings (SSSR count). The van der Waals surface area contributed by atoms with E-state index in [1.54, 1.807) is 0 Å². The molecule has 1 aromatic rings. The number of carbonyl (C=O) groups is 1. The van der Waals surface area contributed by atoms with Gasteiger partial charge >= 0.3 is 0 Å². The molecule has 2 heterocycles. The highest BCUT2D eigenvalue weighted by Gasteiger charge is 2.24. The van der Waals surface area contributed by atoms with Gasteiger partial charge in [-0.3, -0.25) is 9.69 Å². The number of piperazine rings is 1. The van der Waals surface area contributed by atoms with Crippen LogP contribution in [0.4, 0.5) is 0 Å². The number of ether oxygens (including phenoxy) is 2. The molecule has 1 amide bonds. The van der Waals surface area contributed by atoms with Crippen molar-refractivity contribution in [2.45, 2.75) is 32.9 Å². The highest BCUT2D eigenvalue weighted by molar-refractivity contribution is 5.78. The molecule has 0 aliphatic carbocycles. The maximum Gasteiger partial charge on any atom is 0.234 e. The van der Waals surface area contributed by atoms with Gasteiger partial charge in [0.25, 0.3) is 0 Å². The summed E-state index contributed by atoms with van der Waals surface area (Å²) in [5, 5.41) is 2.85. The Kier molecular flexibility index (Phi) is 4.01. The van der Waals surface area contributed by atoms with Crippen molar-refractivity contribution in [3.8, 4) is 11.5 Å². The molecule has 1 N–H and O–H groups in total. The van der Waals surface area contributed by atoms with Crippen LogP contribution in [0.3, 0.4) is 0 Å². The second kappa shape index (κ2) is 5.93. The Labute approximate surface area is 125 Å². The molecule has 2 aliphatic heterocycles. The van der Waals surface area contributed by atoms with Crippen molar-refractivity contribution in [3.05, 3.63) is 23.3 Å². The van der Waals surface area contributed by atoms with Gasteiger partial charge in [0.2, 0.25) is 5.91 Å². The number of fused-ring (bicyclic) bond motifs is 1. The van der Waals surface area contributed by atoms with Crippen molar-refractivity contribution in [3.63, 3.8) is 0 Å². The third-order valence-corrected chi connectivity index (χ3v) is 3.89. The minimum atomic E-state index is 0.0882. The van der Waals surface area contributed by atoms with Gasteiger partial charge in [-0.15, -0.1) is 0 Å². The van der Waals surface area contributed by atoms with E-state index in [2.05, 4.69) is 29.3 Å². The maximum absolute atomic E-state index is 11.5. The summed E-state index contributed by atoms with van der Waals surface area (Å²) in [4.78, 5) is 13.6. The number of nitrogens with one attached hydrogen (secondary N) is 1. The van der Waals surface area contributed by atoms with E-state index in [1.807, 2.05) is 6.92 Å². The largest absolute Gasteiger partial charge is 0.494 e. The molecular weight excluding hydrogens is 268 g/mol. The summed E-state index contributed by atoms with van der Waals surface area (Å²) in [5.41, 5.74) is 2.31. The predicted molar refractivity (Wildman–Crippen MR) is 79.7 cm³/mol. The zero-order valence-electron chi connectivity index (χ0n) is 12.6. The Hall–Kier alpha value is -1.75. The van der Waals surface area contributed by atoms with Crippen LogP contribution in [-0.4, -0.2) is 43.2 Å². The summed E-state index contributed by atoms with van der Waals surface area (Å²) in [7, 11) is 0. The van der Waals surface area contributed by atoms with Crippen LogP contribution < -0.4 is 14.8 Å². The van der Waals surface area contributed by atoms with Gasteiger partial charge in [0.05, 0.1) is 13.2 Å². The number of rotatable bonds is 4. The fourth-order valence-electron chi connectivity index (χ4n) is 2.96. The van der Waals surface area contributed by atoms with Crippen molar-refractivity contribution < 1.29 is 14.3 Å². The van der Waals surface area contributed by atoms with Gasteiger partial charge in [0.15, 0.2) is 0 Å². The second-order valence-corrected chi connectivity index (χ2v) is 5.69. The van der Waals surface area contributed by atoms with Gasteiger partial charge in [0, 0.05) is 37.2 Å². The van der Waals surface area contributed by atoms with Crippen LogP contribution in [-0.2, 0) is 17.8 Å². The molecule has 0 radical (unpaired) electrons. The first kappa shape index (κ1) is 14.2. The van der Waals surface area contributed by atoms with E-state index in [4.69, 9.17) is 9.47 Å². The third-order valence-electron chi connectivity index (χ3n) is 3.89. The van der Waals surface area contributed by atoms with Crippen molar-refractivity contribution in [2.24, 2.45) is 0 Å². The number of benzene rings is 1. The average molecular weight is 290 g/mol. The van der Waals surface area contributed by atoms with Crippen LogP contribution >= 0.6 is 0 Å². The normalized spacial score (nSPS) is 21.6. The van der Waals surface area contributed by atoms with Gasteiger partial charge in [-0.05, 0) is 26.0 Å². The Bertz CT molecular complexity index is 545. The quantitative estimate of drug-likeness (QED) is 0.909.